The van der Waals surface area contributed by atoms with Crippen LogP contribution in [0.3, 0.4) is 0 Å². The Morgan fingerprint density at radius 2 is 2.29 bits per heavy atom. The summed E-state index contributed by atoms with van der Waals surface area (Å²) < 4.78 is 7.63. The Morgan fingerprint density at radius 1 is 1.33 bits per heavy atom. The van der Waals surface area contributed by atoms with Crippen molar-refractivity contribution in [1.82, 2.24) is 14.5 Å². The molecule has 0 fully saturated rings. The summed E-state index contributed by atoms with van der Waals surface area (Å²) >= 11 is 0. The van der Waals surface area contributed by atoms with Crippen LogP contribution in [0.2, 0.25) is 0 Å². The zero-order chi connectivity index (χ0) is 14.2. The molecule has 0 atom stereocenters. The van der Waals surface area contributed by atoms with E-state index in [0.29, 0.717) is 6.54 Å². The quantitative estimate of drug-likeness (QED) is 0.801. The highest BCUT2D eigenvalue weighted by Gasteiger charge is 2.20. The van der Waals surface area contributed by atoms with Gasteiger partial charge in [-0.15, -0.1) is 0 Å². The fraction of sp³-hybridized carbons (Fsp3) is 0.375. The second-order valence-electron chi connectivity index (χ2n) is 5.59. The molecule has 0 saturated heterocycles. The topological polar surface area (TPSA) is 47.4 Å². The smallest absolute Gasteiger partial charge is 0.176 e. The number of hydrogen-bond donors (Lipinski definition) is 0. The van der Waals surface area contributed by atoms with E-state index < -0.39 is 0 Å². The van der Waals surface area contributed by atoms with Gasteiger partial charge < -0.3 is 9.30 Å². The first-order valence-corrected chi connectivity index (χ1v) is 7.31. The molecule has 2 aliphatic rings. The van der Waals surface area contributed by atoms with Gasteiger partial charge in [-0.05, 0) is 23.8 Å². The summed E-state index contributed by atoms with van der Waals surface area (Å²) in [5.74, 6) is 2.13. The Labute approximate surface area is 123 Å². The summed E-state index contributed by atoms with van der Waals surface area (Å²) in [6.45, 7) is 3.71. The summed E-state index contributed by atoms with van der Waals surface area (Å²) in [5, 5.41) is 0. The van der Waals surface area contributed by atoms with E-state index in [9.17, 15) is 4.79 Å². The summed E-state index contributed by atoms with van der Waals surface area (Å²) in [6, 6.07) is 5.77. The van der Waals surface area contributed by atoms with Crippen molar-refractivity contribution < 1.29 is 9.53 Å². The van der Waals surface area contributed by atoms with Crippen LogP contribution in [0.1, 0.15) is 21.7 Å². The number of Topliss-reactive ketones (excluding diaryl/α,β-unsaturated/α-hetero) is 1. The van der Waals surface area contributed by atoms with Crippen molar-refractivity contribution in [3.05, 3.63) is 47.5 Å². The lowest BCUT2D eigenvalue weighted by Gasteiger charge is -2.26. The first kappa shape index (κ1) is 12.6. The molecular formula is C16H17N3O2. The molecule has 0 aliphatic carbocycles. The van der Waals surface area contributed by atoms with Crippen molar-refractivity contribution in [1.29, 1.82) is 0 Å². The number of aromatic nitrogens is 2. The number of ether oxygens (including phenoxy) is 1. The van der Waals surface area contributed by atoms with Crippen molar-refractivity contribution in [2.45, 2.75) is 19.5 Å². The third-order valence-corrected chi connectivity index (χ3v) is 4.20. The molecule has 4 rings (SSSR count). The van der Waals surface area contributed by atoms with Crippen LogP contribution in [0.4, 0.5) is 0 Å². The molecule has 0 unspecified atom stereocenters. The highest BCUT2D eigenvalue weighted by atomic mass is 16.5. The minimum Gasteiger partial charge on any atom is -0.493 e. The van der Waals surface area contributed by atoms with Gasteiger partial charge in [-0.25, -0.2) is 4.98 Å². The Balaban J connectivity index is 1.47. The van der Waals surface area contributed by atoms with Crippen LogP contribution >= 0.6 is 0 Å². The number of ketones is 1. The van der Waals surface area contributed by atoms with Crippen LogP contribution < -0.4 is 4.74 Å². The van der Waals surface area contributed by atoms with Gasteiger partial charge in [0.25, 0.3) is 0 Å². The van der Waals surface area contributed by atoms with Crippen LogP contribution in [0.5, 0.6) is 5.75 Å². The Kier molecular flexibility index (Phi) is 3.00. The fourth-order valence-electron chi connectivity index (χ4n) is 3.01. The zero-order valence-corrected chi connectivity index (χ0v) is 11.8. The van der Waals surface area contributed by atoms with Crippen LogP contribution in [-0.2, 0) is 19.5 Å². The van der Waals surface area contributed by atoms with Crippen molar-refractivity contribution in [2.75, 3.05) is 19.7 Å². The average molecular weight is 283 g/mol. The van der Waals surface area contributed by atoms with Crippen molar-refractivity contribution in [3.8, 4) is 5.75 Å². The molecule has 0 N–H and O–H groups in total. The second-order valence-corrected chi connectivity index (χ2v) is 5.59. The van der Waals surface area contributed by atoms with E-state index in [0.717, 1.165) is 55.4 Å². The van der Waals surface area contributed by atoms with Crippen LogP contribution in [0.15, 0.2) is 30.6 Å². The van der Waals surface area contributed by atoms with Gasteiger partial charge in [-0.2, -0.15) is 0 Å². The third kappa shape index (κ3) is 2.34. The molecular weight excluding hydrogens is 266 g/mol. The summed E-state index contributed by atoms with van der Waals surface area (Å²) in [5.41, 5.74) is 1.93. The van der Waals surface area contributed by atoms with E-state index in [4.69, 9.17) is 4.74 Å². The number of benzene rings is 1. The lowest BCUT2D eigenvalue weighted by molar-refractivity contribution is 0.0908. The number of hydrogen-bond acceptors (Lipinski definition) is 4. The first-order chi connectivity index (χ1) is 10.3. The van der Waals surface area contributed by atoms with Gasteiger partial charge in [0.15, 0.2) is 5.78 Å². The highest BCUT2D eigenvalue weighted by Crippen LogP contribution is 2.26. The van der Waals surface area contributed by atoms with Gasteiger partial charge in [0.1, 0.15) is 11.6 Å². The average Bonchev–Trinajstić information content (AvgIpc) is 3.14. The molecule has 5 heteroatoms. The predicted molar refractivity (Wildman–Crippen MR) is 77.5 cm³/mol. The van der Waals surface area contributed by atoms with Gasteiger partial charge in [-0.3, -0.25) is 9.69 Å². The number of nitrogens with zero attached hydrogens (tertiary/aromatic N) is 3. The summed E-state index contributed by atoms with van der Waals surface area (Å²) in [6.07, 6.45) is 4.72. The van der Waals surface area contributed by atoms with E-state index in [1.807, 2.05) is 30.6 Å². The first-order valence-electron chi connectivity index (χ1n) is 7.31. The van der Waals surface area contributed by atoms with E-state index in [2.05, 4.69) is 14.5 Å². The molecule has 0 amide bonds. The van der Waals surface area contributed by atoms with E-state index >= 15 is 0 Å². The second kappa shape index (κ2) is 5.00. The summed E-state index contributed by atoms with van der Waals surface area (Å²) in [7, 11) is 0. The van der Waals surface area contributed by atoms with Crippen molar-refractivity contribution >= 4 is 5.78 Å². The lowest BCUT2D eigenvalue weighted by Crippen LogP contribution is -2.37. The molecule has 1 aromatic heterocycles. The number of imidazole rings is 1. The largest absolute Gasteiger partial charge is 0.493 e. The van der Waals surface area contributed by atoms with Crippen LogP contribution in [-0.4, -0.2) is 39.9 Å². The van der Waals surface area contributed by atoms with E-state index in [1.54, 1.807) is 0 Å². The third-order valence-electron chi connectivity index (χ3n) is 4.20. The highest BCUT2D eigenvalue weighted by molar-refractivity contribution is 5.98. The van der Waals surface area contributed by atoms with Crippen LogP contribution in [0.25, 0.3) is 0 Å². The van der Waals surface area contributed by atoms with Gasteiger partial charge in [0.2, 0.25) is 0 Å². The minimum atomic E-state index is 0.171. The van der Waals surface area contributed by atoms with E-state index in [-0.39, 0.29) is 5.78 Å². The molecule has 0 saturated carbocycles. The minimum absolute atomic E-state index is 0.171. The monoisotopic (exact) mass is 283 g/mol. The SMILES string of the molecule is O=C(CN1CCn2ccnc2C1)c1ccc2c(c1)CCO2. The van der Waals surface area contributed by atoms with Gasteiger partial charge in [-0.1, -0.05) is 0 Å². The molecule has 1 aromatic carbocycles. The number of rotatable bonds is 3. The maximum atomic E-state index is 12.5. The van der Waals surface area contributed by atoms with Crippen molar-refractivity contribution in [3.63, 3.8) is 0 Å². The Morgan fingerprint density at radius 3 is 3.24 bits per heavy atom. The Bertz CT molecular complexity index is 693. The standard InChI is InChI=1S/C16H17N3O2/c20-14(12-1-2-15-13(9-12)3-8-21-15)10-18-6-7-19-5-4-17-16(19)11-18/h1-2,4-5,9H,3,6-8,10-11H2. The molecule has 0 bridgehead atoms. The summed E-state index contributed by atoms with van der Waals surface area (Å²) in [4.78, 5) is 18.9. The molecule has 21 heavy (non-hydrogen) atoms. The number of carbonyl (C=O) groups is 1. The normalized spacial score (nSPS) is 17.1. The number of fused-ring (bicyclic) bond motifs is 2. The molecule has 2 aromatic rings. The molecule has 5 nitrogen and oxygen atoms in total. The number of carbonyl (C=O) groups excluding carboxylic acids is 1. The van der Waals surface area contributed by atoms with Gasteiger partial charge >= 0.3 is 0 Å². The molecule has 2 aliphatic heterocycles. The predicted octanol–water partition coefficient (Wildman–Crippen LogP) is 1.52. The fourth-order valence-corrected chi connectivity index (χ4v) is 3.01. The Hall–Kier alpha value is -2.14. The van der Waals surface area contributed by atoms with Crippen molar-refractivity contribution in [2.24, 2.45) is 0 Å². The molecule has 3 heterocycles. The molecule has 0 radical (unpaired) electrons. The maximum Gasteiger partial charge on any atom is 0.176 e. The molecule has 108 valence electrons. The zero-order valence-electron chi connectivity index (χ0n) is 11.8. The molecule has 0 spiro atoms. The lowest BCUT2D eigenvalue weighted by atomic mass is 10.0. The van der Waals surface area contributed by atoms with Gasteiger partial charge in [0, 0.05) is 37.5 Å². The van der Waals surface area contributed by atoms with E-state index in [1.165, 1.54) is 0 Å². The van der Waals surface area contributed by atoms with Crippen LogP contribution in [0, 0.1) is 0 Å². The maximum absolute atomic E-state index is 12.5. The van der Waals surface area contributed by atoms with Gasteiger partial charge in [0.05, 0.1) is 19.7 Å².